The van der Waals surface area contributed by atoms with Crippen LogP contribution in [0.1, 0.15) is 11.1 Å². The highest BCUT2D eigenvalue weighted by Crippen LogP contribution is 2.46. The molecule has 0 atom stereocenters. The topological polar surface area (TPSA) is 51.6 Å². The van der Waals surface area contributed by atoms with Crippen molar-refractivity contribution in [1.82, 2.24) is 19.2 Å². The van der Waals surface area contributed by atoms with Crippen LogP contribution in [0.5, 0.6) is 0 Å². The molecule has 0 fully saturated rings. The van der Waals surface area contributed by atoms with Crippen LogP contribution < -0.4 is 0 Å². The van der Waals surface area contributed by atoms with Gasteiger partial charge in [-0.3, -0.25) is 0 Å². The number of hydrogen-bond donors (Lipinski definition) is 0. The van der Waals surface area contributed by atoms with E-state index in [0.717, 1.165) is 49.9 Å². The average molecular weight is 594 g/mol. The predicted octanol–water partition coefficient (Wildman–Crippen LogP) is 8.45. The van der Waals surface area contributed by atoms with Crippen molar-refractivity contribution in [2.75, 3.05) is 0 Å². The lowest BCUT2D eigenvalue weighted by Crippen LogP contribution is -1.85. The second-order valence-electron chi connectivity index (χ2n) is 6.98. The number of halogens is 2. The predicted molar refractivity (Wildman–Crippen MR) is 137 cm³/mol. The van der Waals surface area contributed by atoms with Gasteiger partial charge in [0.1, 0.15) is 11.0 Å². The van der Waals surface area contributed by atoms with Gasteiger partial charge in [-0.15, -0.1) is 32.9 Å². The van der Waals surface area contributed by atoms with Crippen LogP contribution in [-0.4, -0.2) is 19.2 Å². The summed E-state index contributed by atoms with van der Waals surface area (Å²) in [5.41, 5.74) is 6.63. The van der Waals surface area contributed by atoms with Gasteiger partial charge in [0.15, 0.2) is 0 Å². The minimum atomic E-state index is 0.929. The van der Waals surface area contributed by atoms with Crippen LogP contribution >= 0.6 is 77.6 Å². The fourth-order valence-electron chi connectivity index (χ4n) is 3.61. The minimum absolute atomic E-state index is 0.929. The lowest BCUT2D eigenvalue weighted by atomic mass is 10.00. The summed E-state index contributed by atoms with van der Waals surface area (Å²) >= 11 is 13.7. The third-order valence-electron chi connectivity index (χ3n) is 5.09. The lowest BCUT2D eigenvalue weighted by Gasteiger charge is -2.07. The van der Waals surface area contributed by atoms with Gasteiger partial charge >= 0.3 is 0 Å². The van der Waals surface area contributed by atoms with Crippen LogP contribution in [-0.2, 0) is 0 Å². The Labute approximate surface area is 204 Å². The maximum atomic E-state index is 4.52. The Morgan fingerprint density at radius 2 is 1.10 bits per heavy atom. The Kier molecular flexibility index (Phi) is 4.60. The first kappa shape index (κ1) is 19.4. The zero-order valence-electron chi connectivity index (χ0n) is 15.5. The maximum Gasteiger partial charge on any atom is 0.114 e. The molecule has 2 aromatic carbocycles. The Balaban J connectivity index is 1.74. The first-order valence-electron chi connectivity index (χ1n) is 8.87. The number of aryl methyl sites for hydroxylation is 2. The largest absolute Gasteiger partial charge is 0.137 e. The summed E-state index contributed by atoms with van der Waals surface area (Å²) in [6, 6.07) is 8.90. The molecule has 0 spiro atoms. The molecule has 0 bridgehead atoms. The third kappa shape index (κ3) is 2.85. The van der Waals surface area contributed by atoms with Crippen molar-refractivity contribution in [3.05, 3.63) is 43.0 Å². The molecule has 0 aliphatic carbocycles. The van der Waals surface area contributed by atoms with Crippen molar-refractivity contribution >= 4 is 109 Å². The van der Waals surface area contributed by atoms with E-state index in [0.29, 0.717) is 0 Å². The van der Waals surface area contributed by atoms with Crippen LogP contribution in [0.3, 0.4) is 0 Å². The van der Waals surface area contributed by atoms with Gasteiger partial charge < -0.3 is 0 Å². The van der Waals surface area contributed by atoms with Crippen molar-refractivity contribution in [2.24, 2.45) is 0 Å². The molecular formula is C20H10Br2N4S4. The summed E-state index contributed by atoms with van der Waals surface area (Å²) < 4.78 is 13.1. The molecule has 0 saturated heterocycles. The number of fused-ring (bicyclic) bond motifs is 5. The average Bonchev–Trinajstić information content (AvgIpc) is 3.49. The highest BCUT2D eigenvalue weighted by Gasteiger charge is 2.20. The standard InChI is InChI=1S/C20H10Br2N4S4/c1-7-3-13(27-19(7)21)11-5-9-10(15-17(11)29-25-23-15)6-12(18-16(9)24-26-30-18)14-4-8(2)20(22)28-14/h3-6H,1-2H3. The summed E-state index contributed by atoms with van der Waals surface area (Å²) in [5.74, 6) is 0. The molecule has 0 saturated carbocycles. The van der Waals surface area contributed by atoms with Crippen LogP contribution in [0.2, 0.25) is 0 Å². The van der Waals surface area contributed by atoms with Crippen molar-refractivity contribution in [1.29, 1.82) is 0 Å². The van der Waals surface area contributed by atoms with Crippen molar-refractivity contribution in [3.63, 3.8) is 0 Å². The minimum Gasteiger partial charge on any atom is -0.137 e. The van der Waals surface area contributed by atoms with Crippen molar-refractivity contribution in [2.45, 2.75) is 13.8 Å². The molecule has 0 N–H and O–H groups in total. The van der Waals surface area contributed by atoms with Gasteiger partial charge in [-0.1, -0.05) is 8.98 Å². The zero-order valence-corrected chi connectivity index (χ0v) is 21.9. The number of hydrogen-bond acceptors (Lipinski definition) is 8. The Hall–Kier alpha value is -1.30. The number of benzene rings is 2. The molecular weight excluding hydrogens is 584 g/mol. The van der Waals surface area contributed by atoms with E-state index in [1.165, 1.54) is 43.9 Å². The summed E-state index contributed by atoms with van der Waals surface area (Å²) in [5, 5.41) is 11.2. The van der Waals surface area contributed by atoms with Gasteiger partial charge in [-0.05, 0) is 104 Å². The Morgan fingerprint density at radius 3 is 1.47 bits per heavy atom. The first-order valence-corrected chi connectivity index (χ1v) is 13.6. The van der Waals surface area contributed by atoms with Crippen LogP contribution in [0.4, 0.5) is 0 Å². The van der Waals surface area contributed by atoms with E-state index in [1.807, 2.05) is 0 Å². The SMILES string of the molecule is Cc1cc(-c2cc3c(cc(-c4cc(C)c(Br)s4)c4snnc43)c3nnsc23)sc1Br. The highest BCUT2D eigenvalue weighted by atomic mass is 79.9. The van der Waals surface area contributed by atoms with E-state index in [-0.39, 0.29) is 0 Å². The van der Waals surface area contributed by atoms with Crippen molar-refractivity contribution in [3.8, 4) is 20.9 Å². The molecule has 0 aliphatic rings. The van der Waals surface area contributed by atoms with Crippen molar-refractivity contribution < 1.29 is 0 Å². The molecule has 6 rings (SSSR count). The molecule has 4 heterocycles. The van der Waals surface area contributed by atoms with E-state index in [9.17, 15) is 0 Å². The van der Waals surface area contributed by atoms with Gasteiger partial charge in [0.05, 0.1) is 17.0 Å². The fourth-order valence-corrected chi connectivity index (χ4v) is 8.27. The van der Waals surface area contributed by atoms with Gasteiger partial charge in [-0.25, -0.2) is 0 Å². The zero-order chi connectivity index (χ0) is 20.6. The Morgan fingerprint density at radius 1 is 0.667 bits per heavy atom. The highest BCUT2D eigenvalue weighted by molar-refractivity contribution is 9.11. The van der Waals surface area contributed by atoms with Crippen LogP contribution in [0.25, 0.3) is 52.1 Å². The molecule has 0 amide bonds. The van der Waals surface area contributed by atoms with Gasteiger partial charge in [0, 0.05) is 31.7 Å². The van der Waals surface area contributed by atoms with E-state index < -0.39 is 0 Å². The smallest absolute Gasteiger partial charge is 0.114 e. The molecule has 148 valence electrons. The number of nitrogens with zero attached hydrogens (tertiary/aromatic N) is 4. The van der Waals surface area contributed by atoms with Gasteiger partial charge in [0.25, 0.3) is 0 Å². The summed E-state index contributed by atoms with van der Waals surface area (Å²) in [6.45, 7) is 4.23. The van der Waals surface area contributed by atoms with Crippen LogP contribution in [0.15, 0.2) is 31.8 Å². The normalized spacial score (nSPS) is 12.0. The first-order chi connectivity index (χ1) is 14.5. The van der Waals surface area contributed by atoms with Gasteiger partial charge in [-0.2, -0.15) is 0 Å². The second kappa shape index (κ2) is 7.11. The van der Waals surface area contributed by atoms with Gasteiger partial charge in [0.2, 0.25) is 0 Å². The van der Waals surface area contributed by atoms with E-state index in [2.05, 4.69) is 89.1 Å². The van der Waals surface area contributed by atoms with E-state index in [4.69, 9.17) is 0 Å². The molecule has 30 heavy (non-hydrogen) atoms. The van der Waals surface area contributed by atoms with E-state index >= 15 is 0 Å². The number of rotatable bonds is 2. The molecule has 4 aromatic heterocycles. The summed E-state index contributed by atoms with van der Waals surface area (Å²) in [4.78, 5) is 2.41. The molecule has 0 radical (unpaired) electrons. The third-order valence-corrected chi connectivity index (χ3v) is 10.9. The van der Waals surface area contributed by atoms with E-state index in [1.54, 1.807) is 22.7 Å². The quantitative estimate of drug-likeness (QED) is 0.202. The number of thiophene rings is 2. The monoisotopic (exact) mass is 592 g/mol. The summed E-state index contributed by atoms with van der Waals surface area (Å²) in [7, 11) is 0. The molecule has 0 unspecified atom stereocenters. The lowest BCUT2D eigenvalue weighted by molar-refractivity contribution is 1.20. The van der Waals surface area contributed by atoms with Crippen LogP contribution in [0, 0.1) is 13.8 Å². The molecule has 4 nitrogen and oxygen atoms in total. The molecule has 6 aromatic rings. The summed E-state index contributed by atoms with van der Waals surface area (Å²) in [6.07, 6.45) is 0. The Bertz CT molecular complexity index is 1450. The fraction of sp³-hybridized carbons (Fsp3) is 0.100. The molecule has 0 aliphatic heterocycles. The number of aromatic nitrogens is 4. The second-order valence-corrected chi connectivity index (χ2v) is 13.2. The maximum absolute atomic E-state index is 4.52. The molecule has 10 heteroatoms.